The monoisotopic (exact) mass is 305 g/mol. The Labute approximate surface area is 124 Å². The van der Waals surface area contributed by atoms with Crippen LogP contribution in [-0.2, 0) is 16.1 Å². The maximum atomic E-state index is 13.9. The van der Waals surface area contributed by atoms with Gasteiger partial charge in [-0.1, -0.05) is 0 Å². The highest BCUT2D eigenvalue weighted by Gasteiger charge is 2.41. The summed E-state index contributed by atoms with van der Waals surface area (Å²) >= 11 is 0. The molecule has 0 spiro atoms. The summed E-state index contributed by atoms with van der Waals surface area (Å²) in [6.45, 7) is -0.0868. The summed E-state index contributed by atoms with van der Waals surface area (Å²) in [6.07, 6.45) is 0.264. The third kappa shape index (κ3) is 2.03. The van der Waals surface area contributed by atoms with Crippen LogP contribution in [0.2, 0.25) is 0 Å². The van der Waals surface area contributed by atoms with Gasteiger partial charge in [0, 0.05) is 18.5 Å². The molecule has 8 heteroatoms. The van der Waals surface area contributed by atoms with Gasteiger partial charge in [-0.2, -0.15) is 0 Å². The van der Waals surface area contributed by atoms with Gasteiger partial charge in [-0.25, -0.2) is 4.39 Å². The number of benzene rings is 1. The molecule has 0 saturated carbocycles. The van der Waals surface area contributed by atoms with Crippen LogP contribution < -0.4 is 11.1 Å². The fraction of sp³-hybridized carbons (Fsp3) is 0.286. The van der Waals surface area contributed by atoms with Crippen molar-refractivity contribution in [1.29, 1.82) is 0 Å². The van der Waals surface area contributed by atoms with Crippen LogP contribution in [0.5, 0.6) is 0 Å². The second kappa shape index (κ2) is 4.90. The Morgan fingerprint density at radius 3 is 2.68 bits per heavy atom. The van der Waals surface area contributed by atoms with Crippen molar-refractivity contribution in [3.63, 3.8) is 0 Å². The van der Waals surface area contributed by atoms with E-state index < -0.39 is 35.5 Å². The maximum absolute atomic E-state index is 13.9. The van der Waals surface area contributed by atoms with Crippen LogP contribution in [0.1, 0.15) is 39.1 Å². The van der Waals surface area contributed by atoms with E-state index in [9.17, 15) is 23.6 Å². The molecule has 1 aromatic carbocycles. The lowest BCUT2D eigenvalue weighted by atomic mass is 10.0. The van der Waals surface area contributed by atoms with Crippen molar-refractivity contribution in [1.82, 2.24) is 10.2 Å². The zero-order valence-electron chi connectivity index (χ0n) is 11.4. The highest BCUT2D eigenvalue weighted by atomic mass is 19.1. The first-order valence-electron chi connectivity index (χ1n) is 6.66. The fourth-order valence-electron chi connectivity index (χ4n) is 2.86. The lowest BCUT2D eigenvalue weighted by Gasteiger charge is -2.29. The number of hydrogen-bond acceptors (Lipinski definition) is 4. The van der Waals surface area contributed by atoms with Crippen LogP contribution in [0, 0.1) is 5.82 Å². The van der Waals surface area contributed by atoms with Crippen LogP contribution in [0.25, 0.3) is 0 Å². The molecule has 4 amide bonds. The molecule has 1 aromatic rings. The van der Waals surface area contributed by atoms with Crippen molar-refractivity contribution < 1.29 is 23.6 Å². The summed E-state index contributed by atoms with van der Waals surface area (Å²) in [4.78, 5) is 48.0. The summed E-state index contributed by atoms with van der Waals surface area (Å²) in [5, 5.41) is 2.15. The van der Waals surface area contributed by atoms with Gasteiger partial charge in [0.25, 0.3) is 5.91 Å². The molecule has 0 radical (unpaired) electrons. The number of carbonyl (C=O) groups is 4. The summed E-state index contributed by atoms with van der Waals surface area (Å²) in [5.74, 6) is -3.22. The SMILES string of the molecule is NC(=O)c1ccc(F)c2c1CN(C1CCC(=O)NC1=O)C2=O. The molecule has 0 aliphatic carbocycles. The number of halogens is 1. The van der Waals surface area contributed by atoms with E-state index >= 15 is 0 Å². The van der Waals surface area contributed by atoms with Gasteiger partial charge in [0.05, 0.1) is 5.56 Å². The van der Waals surface area contributed by atoms with E-state index in [4.69, 9.17) is 5.73 Å². The highest BCUT2D eigenvalue weighted by Crippen LogP contribution is 2.31. The van der Waals surface area contributed by atoms with E-state index in [1.807, 2.05) is 0 Å². The lowest BCUT2D eigenvalue weighted by molar-refractivity contribution is -0.136. The first kappa shape index (κ1) is 14.2. The normalized spacial score (nSPS) is 20.9. The van der Waals surface area contributed by atoms with E-state index in [0.29, 0.717) is 0 Å². The van der Waals surface area contributed by atoms with Gasteiger partial charge in [0.1, 0.15) is 11.9 Å². The zero-order chi connectivity index (χ0) is 16.0. The minimum Gasteiger partial charge on any atom is -0.366 e. The lowest BCUT2D eigenvalue weighted by Crippen LogP contribution is -2.52. The van der Waals surface area contributed by atoms with Gasteiger partial charge < -0.3 is 10.6 Å². The molecule has 1 saturated heterocycles. The quantitative estimate of drug-likeness (QED) is 0.730. The molecule has 2 heterocycles. The molecule has 2 aliphatic rings. The third-order valence-electron chi connectivity index (χ3n) is 3.92. The number of nitrogens with one attached hydrogen (secondary N) is 1. The van der Waals surface area contributed by atoms with Gasteiger partial charge in [-0.05, 0) is 24.1 Å². The predicted octanol–water partition coefficient (Wildman–Crippen LogP) is -0.314. The van der Waals surface area contributed by atoms with E-state index in [0.717, 1.165) is 6.07 Å². The largest absolute Gasteiger partial charge is 0.366 e. The van der Waals surface area contributed by atoms with E-state index in [1.54, 1.807) is 0 Å². The molecule has 2 aliphatic heterocycles. The molecule has 1 fully saturated rings. The van der Waals surface area contributed by atoms with Crippen LogP contribution in [0.4, 0.5) is 4.39 Å². The molecule has 1 atom stereocenters. The Morgan fingerprint density at radius 2 is 2.05 bits per heavy atom. The van der Waals surface area contributed by atoms with Crippen molar-refractivity contribution in [2.45, 2.75) is 25.4 Å². The van der Waals surface area contributed by atoms with Gasteiger partial charge in [0.2, 0.25) is 17.7 Å². The van der Waals surface area contributed by atoms with Gasteiger partial charge >= 0.3 is 0 Å². The molecule has 1 unspecified atom stereocenters. The van der Waals surface area contributed by atoms with Crippen molar-refractivity contribution in [2.75, 3.05) is 0 Å². The highest BCUT2D eigenvalue weighted by molar-refractivity contribution is 6.07. The fourth-order valence-corrected chi connectivity index (χ4v) is 2.86. The zero-order valence-corrected chi connectivity index (χ0v) is 11.4. The average molecular weight is 305 g/mol. The molecule has 7 nitrogen and oxygen atoms in total. The van der Waals surface area contributed by atoms with E-state index in [2.05, 4.69) is 5.32 Å². The number of nitrogens with zero attached hydrogens (tertiary/aromatic N) is 1. The number of imide groups is 1. The van der Waals surface area contributed by atoms with Crippen LogP contribution in [-0.4, -0.2) is 34.6 Å². The molecule has 114 valence electrons. The van der Waals surface area contributed by atoms with E-state index in [1.165, 1.54) is 11.0 Å². The molecule has 0 aromatic heterocycles. The second-order valence-corrected chi connectivity index (χ2v) is 5.21. The minimum atomic E-state index is -0.863. The van der Waals surface area contributed by atoms with Crippen molar-refractivity contribution >= 4 is 23.6 Å². The Kier molecular flexibility index (Phi) is 3.16. The van der Waals surface area contributed by atoms with Gasteiger partial charge in [-0.15, -0.1) is 0 Å². The number of amides is 4. The smallest absolute Gasteiger partial charge is 0.258 e. The predicted molar refractivity (Wildman–Crippen MR) is 71.0 cm³/mol. The number of rotatable bonds is 2. The number of primary amides is 1. The van der Waals surface area contributed by atoms with Gasteiger partial charge in [0.15, 0.2) is 0 Å². The first-order valence-corrected chi connectivity index (χ1v) is 6.66. The van der Waals surface area contributed by atoms with Crippen LogP contribution in [0.3, 0.4) is 0 Å². The first-order chi connectivity index (χ1) is 10.4. The van der Waals surface area contributed by atoms with Crippen molar-refractivity contribution in [3.05, 3.63) is 34.6 Å². The minimum absolute atomic E-state index is 0.0551. The molecule has 3 rings (SSSR count). The Morgan fingerprint density at radius 1 is 1.32 bits per heavy atom. The van der Waals surface area contributed by atoms with Crippen molar-refractivity contribution in [3.8, 4) is 0 Å². The molecule has 0 bridgehead atoms. The topological polar surface area (TPSA) is 110 Å². The number of nitrogens with two attached hydrogens (primary N) is 1. The standard InChI is InChI=1S/C14H12FN3O4/c15-8-2-1-6(12(16)20)7-5-18(14(22)11(7)8)9-3-4-10(19)17-13(9)21/h1-2,9H,3-5H2,(H2,16,20)(H,17,19,21). The molecular formula is C14H12FN3O4. The Hall–Kier alpha value is -2.77. The Balaban J connectivity index is 1.99. The molecule has 22 heavy (non-hydrogen) atoms. The number of fused-ring (bicyclic) bond motifs is 1. The van der Waals surface area contributed by atoms with Crippen molar-refractivity contribution in [2.24, 2.45) is 5.73 Å². The summed E-state index contributed by atoms with van der Waals surface area (Å²) in [5.41, 5.74) is 5.24. The third-order valence-corrected chi connectivity index (χ3v) is 3.92. The summed E-state index contributed by atoms with van der Waals surface area (Å²) in [6, 6.07) is 1.36. The number of hydrogen-bond donors (Lipinski definition) is 2. The molecular weight excluding hydrogens is 293 g/mol. The molecule has 3 N–H and O–H groups in total. The van der Waals surface area contributed by atoms with Gasteiger partial charge in [-0.3, -0.25) is 24.5 Å². The Bertz CT molecular complexity index is 731. The van der Waals surface area contributed by atoms with Crippen LogP contribution in [0.15, 0.2) is 12.1 Å². The van der Waals surface area contributed by atoms with Crippen LogP contribution >= 0.6 is 0 Å². The average Bonchev–Trinajstić information content (AvgIpc) is 2.77. The number of carbonyl (C=O) groups excluding carboxylic acids is 4. The second-order valence-electron chi connectivity index (χ2n) is 5.21. The summed E-state index contributed by atoms with van der Waals surface area (Å²) < 4.78 is 13.9. The number of piperidine rings is 1. The summed E-state index contributed by atoms with van der Waals surface area (Å²) in [7, 11) is 0. The van der Waals surface area contributed by atoms with E-state index in [-0.39, 0.29) is 36.1 Å². The maximum Gasteiger partial charge on any atom is 0.258 e.